The van der Waals surface area contributed by atoms with Gasteiger partial charge in [-0.2, -0.15) is 0 Å². The minimum absolute atomic E-state index is 0.00594. The molecule has 1 aromatic heterocycles. The highest BCUT2D eigenvalue weighted by Crippen LogP contribution is 2.33. The third-order valence-electron chi connectivity index (χ3n) is 4.41. The number of methoxy groups -OCH3 is 1. The molecule has 7 nitrogen and oxygen atoms in total. The van der Waals surface area contributed by atoms with Crippen molar-refractivity contribution in [1.82, 2.24) is 9.97 Å². The van der Waals surface area contributed by atoms with Crippen molar-refractivity contribution >= 4 is 28.1 Å². The van der Waals surface area contributed by atoms with Crippen LogP contribution in [0.1, 0.15) is 5.82 Å². The van der Waals surface area contributed by atoms with E-state index >= 15 is 0 Å². The molecular formula is C19H15F3N4O3. The van der Waals surface area contributed by atoms with E-state index < -0.39 is 6.36 Å². The lowest BCUT2D eigenvalue weighted by atomic mass is 10.2. The predicted octanol–water partition coefficient (Wildman–Crippen LogP) is 4.24. The number of alkyl halides is 3. The van der Waals surface area contributed by atoms with Crippen LogP contribution in [0.3, 0.4) is 0 Å². The number of nitrogens with zero attached hydrogens (tertiary/aromatic N) is 2. The molecule has 29 heavy (non-hydrogen) atoms. The fourth-order valence-electron chi connectivity index (χ4n) is 3.11. The van der Waals surface area contributed by atoms with E-state index in [2.05, 4.69) is 14.7 Å². The van der Waals surface area contributed by atoms with E-state index in [0.29, 0.717) is 28.3 Å². The topological polar surface area (TPSA) is 94.5 Å². The van der Waals surface area contributed by atoms with Gasteiger partial charge in [0.05, 0.1) is 30.3 Å². The molecule has 0 fully saturated rings. The van der Waals surface area contributed by atoms with Crippen LogP contribution in [0.15, 0.2) is 48.2 Å². The molecule has 3 N–H and O–H groups in total. The van der Waals surface area contributed by atoms with Crippen LogP contribution in [0.2, 0.25) is 0 Å². The molecule has 4 rings (SSSR count). The van der Waals surface area contributed by atoms with E-state index in [0.717, 1.165) is 12.1 Å². The van der Waals surface area contributed by atoms with E-state index in [1.165, 1.54) is 17.0 Å². The number of hydrogen-bond donors (Lipinski definition) is 3. The van der Waals surface area contributed by atoms with Crippen LogP contribution in [0.25, 0.3) is 16.6 Å². The van der Waals surface area contributed by atoms with Crippen LogP contribution in [-0.2, 0) is 0 Å². The van der Waals surface area contributed by atoms with Crippen LogP contribution in [0, 0.1) is 5.41 Å². The molecule has 0 aliphatic carbocycles. The number of fused-ring (bicyclic) bond motifs is 1. The average molecular weight is 404 g/mol. The Morgan fingerprint density at radius 1 is 1.14 bits per heavy atom. The summed E-state index contributed by atoms with van der Waals surface area (Å²) in [5.41, 5.74) is 1.97. The molecule has 2 aromatic carbocycles. The van der Waals surface area contributed by atoms with Gasteiger partial charge in [-0.1, -0.05) is 0 Å². The van der Waals surface area contributed by atoms with Gasteiger partial charge in [-0.05, 0) is 36.4 Å². The fourth-order valence-corrected chi connectivity index (χ4v) is 3.11. The molecule has 150 valence electrons. The molecule has 0 atom stereocenters. The summed E-state index contributed by atoms with van der Waals surface area (Å²) in [5.74, 6) is 0.482. The molecule has 10 heteroatoms. The van der Waals surface area contributed by atoms with Crippen molar-refractivity contribution in [1.29, 1.82) is 5.41 Å². The number of ether oxygens (including phenoxy) is 2. The van der Waals surface area contributed by atoms with Gasteiger partial charge in [-0.15, -0.1) is 13.2 Å². The Labute approximate surface area is 162 Å². The van der Waals surface area contributed by atoms with Crippen LogP contribution in [-0.4, -0.2) is 40.9 Å². The number of aromatic nitrogens is 2. The van der Waals surface area contributed by atoms with Crippen molar-refractivity contribution in [2.45, 2.75) is 6.36 Å². The van der Waals surface area contributed by atoms with Gasteiger partial charge in [0.2, 0.25) is 0 Å². The highest BCUT2D eigenvalue weighted by Gasteiger charge is 2.33. The molecule has 2 heterocycles. The summed E-state index contributed by atoms with van der Waals surface area (Å²) in [4.78, 5) is 8.92. The number of benzene rings is 2. The third kappa shape index (κ3) is 3.56. The zero-order valence-corrected chi connectivity index (χ0v) is 15.0. The summed E-state index contributed by atoms with van der Waals surface area (Å²) in [7, 11) is 1.54. The molecule has 1 aliphatic heterocycles. The number of halogens is 3. The Balaban J connectivity index is 1.60. The summed E-state index contributed by atoms with van der Waals surface area (Å²) >= 11 is 0. The number of imidazole rings is 1. The minimum atomic E-state index is -4.78. The average Bonchev–Trinajstić information content (AvgIpc) is 3.20. The second kappa shape index (κ2) is 6.73. The number of aliphatic hydroxyl groups is 1. The zero-order valence-electron chi connectivity index (χ0n) is 15.0. The highest BCUT2D eigenvalue weighted by atomic mass is 19.4. The maximum Gasteiger partial charge on any atom is 0.573 e. The quantitative estimate of drug-likeness (QED) is 0.605. The van der Waals surface area contributed by atoms with Crippen LogP contribution < -0.4 is 14.4 Å². The van der Waals surface area contributed by atoms with E-state index in [1.807, 2.05) is 0 Å². The van der Waals surface area contributed by atoms with Crippen molar-refractivity contribution in [3.63, 3.8) is 0 Å². The van der Waals surface area contributed by atoms with Crippen molar-refractivity contribution in [2.75, 3.05) is 18.6 Å². The molecule has 0 saturated heterocycles. The number of anilines is 1. The Hall–Kier alpha value is -3.69. The fraction of sp³-hybridized carbons (Fsp3) is 0.158. The number of amidine groups is 1. The third-order valence-corrected chi connectivity index (χ3v) is 4.41. The predicted molar refractivity (Wildman–Crippen MR) is 100 cm³/mol. The van der Waals surface area contributed by atoms with E-state index in [-0.39, 0.29) is 29.5 Å². The van der Waals surface area contributed by atoms with Crippen molar-refractivity contribution in [3.8, 4) is 11.5 Å². The number of hydrogen-bond acceptors (Lipinski definition) is 5. The van der Waals surface area contributed by atoms with E-state index in [1.54, 1.807) is 25.3 Å². The molecule has 1 aliphatic rings. The smallest absolute Gasteiger partial charge is 0.509 e. The Bertz CT molecular complexity index is 1120. The number of nitrogens with one attached hydrogen (secondary N) is 2. The largest absolute Gasteiger partial charge is 0.573 e. The summed E-state index contributed by atoms with van der Waals surface area (Å²) in [6.45, 7) is -0.00594. The SMILES string of the molecule is COc1ccc2nc(C3=C(O)CN(c4ccc(OC(F)(F)F)cc4)C3=N)[nH]c2c1. The Morgan fingerprint density at radius 2 is 1.83 bits per heavy atom. The highest BCUT2D eigenvalue weighted by molar-refractivity contribution is 6.30. The summed E-state index contributed by atoms with van der Waals surface area (Å²) in [5, 5.41) is 18.8. The van der Waals surface area contributed by atoms with Crippen molar-refractivity contribution < 1.29 is 27.8 Å². The summed E-state index contributed by atoms with van der Waals surface area (Å²) in [6.07, 6.45) is -4.78. The molecule has 0 amide bonds. The van der Waals surface area contributed by atoms with Gasteiger partial charge in [0.25, 0.3) is 0 Å². The maximum atomic E-state index is 12.3. The van der Waals surface area contributed by atoms with Gasteiger partial charge < -0.3 is 24.5 Å². The van der Waals surface area contributed by atoms with Crippen molar-refractivity contribution in [3.05, 3.63) is 54.0 Å². The summed E-state index contributed by atoms with van der Waals surface area (Å²) < 4.78 is 45.9. The Kier molecular flexibility index (Phi) is 4.33. The number of H-pyrrole nitrogens is 1. The molecule has 3 aromatic rings. The Morgan fingerprint density at radius 3 is 2.48 bits per heavy atom. The summed E-state index contributed by atoms with van der Waals surface area (Å²) in [6, 6.07) is 10.3. The van der Waals surface area contributed by atoms with E-state index in [4.69, 9.17) is 10.1 Å². The van der Waals surface area contributed by atoms with Gasteiger partial charge >= 0.3 is 6.36 Å². The van der Waals surface area contributed by atoms with Crippen molar-refractivity contribution in [2.24, 2.45) is 0 Å². The van der Waals surface area contributed by atoms with Crippen LogP contribution in [0.4, 0.5) is 18.9 Å². The standard InChI is InChI=1S/C19H15F3N4O3/c1-28-12-6-7-13-14(8-12)25-18(24-13)16-15(27)9-26(17(16)23)10-2-4-11(5-3-10)29-19(20,21)22/h2-8,23,27H,9H2,1H3,(H,24,25). The van der Waals surface area contributed by atoms with Gasteiger partial charge in [0.1, 0.15) is 28.9 Å². The lowest BCUT2D eigenvalue weighted by molar-refractivity contribution is -0.274. The van der Waals surface area contributed by atoms with Gasteiger partial charge in [-0.3, -0.25) is 5.41 Å². The van der Waals surface area contributed by atoms with E-state index in [9.17, 15) is 18.3 Å². The second-order valence-electron chi connectivity index (χ2n) is 6.27. The lowest BCUT2D eigenvalue weighted by Gasteiger charge is -2.19. The molecule has 0 unspecified atom stereocenters. The molecule has 0 saturated carbocycles. The first-order chi connectivity index (χ1) is 13.7. The molecular weight excluding hydrogens is 389 g/mol. The first-order valence-corrected chi connectivity index (χ1v) is 8.43. The van der Waals surface area contributed by atoms with Gasteiger partial charge in [0, 0.05) is 11.8 Å². The lowest BCUT2D eigenvalue weighted by Crippen LogP contribution is -2.26. The number of aliphatic hydroxyl groups excluding tert-OH is 1. The number of aromatic amines is 1. The molecule has 0 bridgehead atoms. The normalized spacial score (nSPS) is 14.8. The van der Waals surface area contributed by atoms with Gasteiger partial charge in [0.15, 0.2) is 0 Å². The first kappa shape index (κ1) is 18.7. The maximum absolute atomic E-state index is 12.3. The molecule has 0 spiro atoms. The minimum Gasteiger partial charge on any atom is -0.509 e. The zero-order chi connectivity index (χ0) is 20.8. The number of rotatable bonds is 4. The second-order valence-corrected chi connectivity index (χ2v) is 6.27. The van der Waals surface area contributed by atoms with Crippen LogP contribution in [0.5, 0.6) is 11.5 Å². The molecule has 0 radical (unpaired) electrons. The first-order valence-electron chi connectivity index (χ1n) is 8.43. The monoisotopic (exact) mass is 404 g/mol. The van der Waals surface area contributed by atoms with Gasteiger partial charge in [-0.25, -0.2) is 4.98 Å². The van der Waals surface area contributed by atoms with Crippen LogP contribution >= 0.6 is 0 Å².